The first-order valence-corrected chi connectivity index (χ1v) is 13.8. The Kier molecular flexibility index (Phi) is 6.64. The van der Waals surface area contributed by atoms with Gasteiger partial charge in [-0.05, 0) is 55.7 Å². The molecule has 0 aliphatic carbocycles. The highest BCUT2D eigenvalue weighted by Gasteiger charge is 2.37. The van der Waals surface area contributed by atoms with E-state index in [-0.39, 0.29) is 22.1 Å². The number of ether oxygens (including phenoxy) is 1. The van der Waals surface area contributed by atoms with Crippen molar-refractivity contribution in [2.45, 2.75) is 42.1 Å². The molecule has 2 aromatic rings. The van der Waals surface area contributed by atoms with Crippen molar-refractivity contribution in [2.24, 2.45) is 0 Å². The topological polar surface area (TPSA) is 113 Å². The molecule has 2 aromatic carbocycles. The van der Waals surface area contributed by atoms with E-state index in [1.807, 2.05) is 6.92 Å². The van der Waals surface area contributed by atoms with Crippen molar-refractivity contribution in [1.82, 2.24) is 9.62 Å². The number of nitrogens with one attached hydrogen (secondary N) is 1. The number of amides is 1. The van der Waals surface area contributed by atoms with E-state index < -0.39 is 32.1 Å². The number of benzene rings is 2. The number of hydrogen-bond donors (Lipinski definition) is 1. The van der Waals surface area contributed by atoms with Gasteiger partial charge in [-0.3, -0.25) is 9.10 Å². The number of sulfonamides is 2. The maximum absolute atomic E-state index is 13.5. The molecule has 0 aromatic heterocycles. The minimum atomic E-state index is -4.08. The van der Waals surface area contributed by atoms with Crippen LogP contribution in [0.2, 0.25) is 0 Å². The van der Waals surface area contributed by atoms with E-state index in [1.54, 1.807) is 24.3 Å². The summed E-state index contributed by atoms with van der Waals surface area (Å²) in [5.74, 6) is -0.101. The molecule has 178 valence electrons. The van der Waals surface area contributed by atoms with Crippen LogP contribution in [0.3, 0.4) is 0 Å². The average Bonchev–Trinajstić information content (AvgIpc) is 3.38. The number of rotatable bonds is 7. The number of fused-ring (bicyclic) bond motifs is 1. The van der Waals surface area contributed by atoms with Crippen LogP contribution in [-0.4, -0.2) is 59.3 Å². The Bertz CT molecular complexity index is 1220. The van der Waals surface area contributed by atoms with Crippen LogP contribution >= 0.6 is 0 Å². The number of anilines is 1. The molecular formula is C22H27N3O6S2. The summed E-state index contributed by atoms with van der Waals surface area (Å²) in [6, 6.07) is 11.8. The molecule has 0 saturated carbocycles. The maximum atomic E-state index is 13.5. The highest BCUT2D eigenvalue weighted by molar-refractivity contribution is 7.93. The van der Waals surface area contributed by atoms with Crippen molar-refractivity contribution < 1.29 is 26.4 Å². The van der Waals surface area contributed by atoms with Crippen molar-refractivity contribution in [2.75, 3.05) is 30.5 Å². The molecule has 1 N–H and O–H groups in total. The van der Waals surface area contributed by atoms with Gasteiger partial charge in [0.05, 0.1) is 22.0 Å². The minimum Gasteiger partial charge on any atom is -0.476 e. The third kappa shape index (κ3) is 4.57. The van der Waals surface area contributed by atoms with Gasteiger partial charge in [0.1, 0.15) is 5.75 Å². The zero-order valence-electron chi connectivity index (χ0n) is 18.3. The highest BCUT2D eigenvalue weighted by Crippen LogP contribution is 2.37. The van der Waals surface area contributed by atoms with Gasteiger partial charge in [-0.25, -0.2) is 16.8 Å². The lowest BCUT2D eigenvalue weighted by molar-refractivity contribution is -0.127. The van der Waals surface area contributed by atoms with E-state index in [1.165, 1.54) is 28.6 Å². The fourth-order valence-electron chi connectivity index (χ4n) is 3.92. The van der Waals surface area contributed by atoms with E-state index in [4.69, 9.17) is 4.74 Å². The van der Waals surface area contributed by atoms with Crippen LogP contribution in [0.25, 0.3) is 0 Å². The third-order valence-electron chi connectivity index (χ3n) is 5.69. The van der Waals surface area contributed by atoms with Gasteiger partial charge in [0.2, 0.25) is 10.0 Å². The first kappa shape index (κ1) is 23.5. The van der Waals surface area contributed by atoms with Gasteiger partial charge in [0, 0.05) is 19.6 Å². The fraction of sp³-hybridized carbons (Fsp3) is 0.409. The smallest absolute Gasteiger partial charge is 0.264 e. The summed E-state index contributed by atoms with van der Waals surface area (Å²) >= 11 is 0. The second-order valence-electron chi connectivity index (χ2n) is 7.98. The zero-order valence-corrected chi connectivity index (χ0v) is 19.9. The minimum absolute atomic E-state index is 0.0579. The zero-order chi connectivity index (χ0) is 23.6. The summed E-state index contributed by atoms with van der Waals surface area (Å²) in [6.07, 6.45) is 1.37. The Hall–Kier alpha value is -2.63. The highest BCUT2D eigenvalue weighted by atomic mass is 32.2. The molecule has 9 nitrogen and oxygen atoms in total. The number of carbonyl (C=O) groups is 1. The lowest BCUT2D eigenvalue weighted by atomic mass is 10.2. The summed E-state index contributed by atoms with van der Waals surface area (Å²) in [5, 5.41) is 2.74. The van der Waals surface area contributed by atoms with E-state index in [2.05, 4.69) is 5.32 Å². The standard InChI is InChI=1S/C22H27N3O6S2/c1-2-13-23-22(26)21-16-25(19-7-3-4-8-20(19)31-21)33(29,30)18-11-9-17(10-12-18)32(27,28)24-14-5-6-15-24/h3-4,7-12,21H,2,5-6,13-16H2,1H3,(H,23,26). The Morgan fingerprint density at radius 1 is 0.970 bits per heavy atom. The predicted molar refractivity (Wildman–Crippen MR) is 123 cm³/mol. The summed E-state index contributed by atoms with van der Waals surface area (Å²) in [7, 11) is -7.73. The number of para-hydroxylation sites is 2. The van der Waals surface area contributed by atoms with Gasteiger partial charge in [0.15, 0.2) is 6.10 Å². The van der Waals surface area contributed by atoms with Crippen LogP contribution < -0.4 is 14.4 Å². The van der Waals surface area contributed by atoms with Crippen LogP contribution in [0.4, 0.5) is 5.69 Å². The molecule has 1 saturated heterocycles. The van der Waals surface area contributed by atoms with Crippen LogP contribution in [0.15, 0.2) is 58.3 Å². The Labute approximate surface area is 194 Å². The molecule has 2 heterocycles. The molecule has 0 bridgehead atoms. The van der Waals surface area contributed by atoms with E-state index in [0.29, 0.717) is 25.3 Å². The molecule has 4 rings (SSSR count). The largest absolute Gasteiger partial charge is 0.476 e. The van der Waals surface area contributed by atoms with E-state index >= 15 is 0 Å². The van der Waals surface area contributed by atoms with Gasteiger partial charge in [0.25, 0.3) is 15.9 Å². The maximum Gasteiger partial charge on any atom is 0.264 e. The van der Waals surface area contributed by atoms with Gasteiger partial charge in [-0.15, -0.1) is 0 Å². The SMILES string of the molecule is CCCNC(=O)C1CN(S(=O)(=O)c2ccc(S(=O)(=O)N3CCCC3)cc2)c2ccccc2O1. The van der Waals surface area contributed by atoms with Crippen molar-refractivity contribution in [3.8, 4) is 5.75 Å². The molecule has 0 spiro atoms. The molecule has 2 aliphatic heterocycles. The monoisotopic (exact) mass is 493 g/mol. The Balaban J connectivity index is 1.64. The van der Waals surface area contributed by atoms with Gasteiger partial charge < -0.3 is 10.1 Å². The molecular weight excluding hydrogens is 466 g/mol. The average molecular weight is 494 g/mol. The molecule has 1 amide bonds. The molecule has 33 heavy (non-hydrogen) atoms. The van der Waals surface area contributed by atoms with Gasteiger partial charge >= 0.3 is 0 Å². The van der Waals surface area contributed by atoms with E-state index in [0.717, 1.165) is 23.6 Å². The molecule has 1 fully saturated rings. The second kappa shape index (κ2) is 9.32. The lowest BCUT2D eigenvalue weighted by Gasteiger charge is -2.34. The van der Waals surface area contributed by atoms with Crippen LogP contribution in [0, 0.1) is 0 Å². The normalized spacial score (nSPS) is 19.1. The predicted octanol–water partition coefficient (Wildman–Crippen LogP) is 1.95. The van der Waals surface area contributed by atoms with Crippen molar-refractivity contribution in [3.05, 3.63) is 48.5 Å². The van der Waals surface area contributed by atoms with Crippen LogP contribution in [0.5, 0.6) is 5.75 Å². The van der Waals surface area contributed by atoms with Gasteiger partial charge in [-0.2, -0.15) is 4.31 Å². The summed E-state index contributed by atoms with van der Waals surface area (Å²) in [6.45, 7) is 3.12. The number of hydrogen-bond acceptors (Lipinski definition) is 6. The van der Waals surface area contributed by atoms with Crippen molar-refractivity contribution in [1.29, 1.82) is 0 Å². The lowest BCUT2D eigenvalue weighted by Crippen LogP contribution is -2.50. The second-order valence-corrected chi connectivity index (χ2v) is 11.8. The van der Waals surface area contributed by atoms with Gasteiger partial charge in [-0.1, -0.05) is 19.1 Å². The number of nitrogens with zero attached hydrogens (tertiary/aromatic N) is 2. The first-order chi connectivity index (χ1) is 15.7. The van der Waals surface area contributed by atoms with Crippen molar-refractivity contribution >= 4 is 31.6 Å². The fourth-order valence-corrected chi connectivity index (χ4v) is 6.91. The quantitative estimate of drug-likeness (QED) is 0.631. The molecule has 2 aliphatic rings. The van der Waals surface area contributed by atoms with Crippen LogP contribution in [0.1, 0.15) is 26.2 Å². The van der Waals surface area contributed by atoms with Crippen LogP contribution in [-0.2, 0) is 24.8 Å². The molecule has 11 heteroatoms. The summed E-state index contributed by atoms with van der Waals surface area (Å²) in [4.78, 5) is 12.5. The Morgan fingerprint density at radius 3 is 2.21 bits per heavy atom. The molecule has 1 unspecified atom stereocenters. The van der Waals surface area contributed by atoms with E-state index in [9.17, 15) is 21.6 Å². The summed E-state index contributed by atoms with van der Waals surface area (Å²) < 4.78 is 60.9. The first-order valence-electron chi connectivity index (χ1n) is 10.9. The molecule has 0 radical (unpaired) electrons. The van der Waals surface area contributed by atoms with Crippen molar-refractivity contribution in [3.63, 3.8) is 0 Å². The summed E-state index contributed by atoms with van der Waals surface area (Å²) in [5.41, 5.74) is 0.325. The molecule has 1 atom stereocenters. The third-order valence-corrected chi connectivity index (χ3v) is 9.40. The number of carbonyl (C=O) groups excluding carboxylic acids is 1. The Morgan fingerprint density at radius 2 is 1.58 bits per heavy atom.